The Morgan fingerprint density at radius 2 is 1.62 bits per heavy atom. The van der Waals surface area contributed by atoms with Gasteiger partial charge in [0.25, 0.3) is 0 Å². The summed E-state index contributed by atoms with van der Waals surface area (Å²) >= 11 is 0. The maximum atomic E-state index is 12.8. The predicted molar refractivity (Wildman–Crippen MR) is 136 cm³/mol. The fourth-order valence-electron chi connectivity index (χ4n) is 3.86. The second kappa shape index (κ2) is 11.2. The van der Waals surface area contributed by atoms with Crippen LogP contribution in [0.4, 0.5) is 5.82 Å². The summed E-state index contributed by atoms with van der Waals surface area (Å²) in [5.74, 6) is 0.291. The molecule has 34 heavy (non-hydrogen) atoms. The van der Waals surface area contributed by atoms with Gasteiger partial charge < -0.3 is 10.1 Å². The number of anilines is 1. The number of hydrogen-bond acceptors (Lipinski definition) is 5. The van der Waals surface area contributed by atoms with E-state index in [4.69, 9.17) is 14.7 Å². The highest BCUT2D eigenvalue weighted by molar-refractivity contribution is 5.79. The number of rotatable bonds is 9. The minimum Gasteiger partial charge on any atom is -0.464 e. The smallest absolute Gasteiger partial charge is 0.328 e. The normalized spacial score (nSPS) is 11.6. The lowest BCUT2D eigenvalue weighted by atomic mass is 10.0. The largest absolute Gasteiger partial charge is 0.464 e. The van der Waals surface area contributed by atoms with Gasteiger partial charge in [-0.2, -0.15) is 0 Å². The number of esters is 1. The molecule has 0 aliphatic heterocycles. The van der Waals surface area contributed by atoms with E-state index in [1.807, 2.05) is 79.7 Å². The minimum absolute atomic E-state index is 0.304. The van der Waals surface area contributed by atoms with E-state index >= 15 is 0 Å². The van der Waals surface area contributed by atoms with Crippen LogP contribution in [0.5, 0.6) is 0 Å². The number of hydrogen-bond donors (Lipinski definition) is 1. The zero-order valence-corrected chi connectivity index (χ0v) is 19.6. The summed E-state index contributed by atoms with van der Waals surface area (Å²) in [6.45, 7) is 4.23. The van der Waals surface area contributed by atoms with Crippen molar-refractivity contribution < 1.29 is 9.53 Å². The van der Waals surface area contributed by atoms with Gasteiger partial charge in [0.05, 0.1) is 24.2 Å². The Morgan fingerprint density at radius 1 is 0.941 bits per heavy atom. The van der Waals surface area contributed by atoms with E-state index in [-0.39, 0.29) is 5.97 Å². The van der Waals surface area contributed by atoms with Crippen molar-refractivity contribution in [1.82, 2.24) is 9.97 Å². The van der Waals surface area contributed by atoms with Crippen molar-refractivity contribution in [1.29, 1.82) is 0 Å². The third-order valence-electron chi connectivity index (χ3n) is 5.70. The first-order valence-corrected chi connectivity index (χ1v) is 11.6. The maximum absolute atomic E-state index is 12.8. The van der Waals surface area contributed by atoms with E-state index in [1.54, 1.807) is 6.20 Å². The number of benzene rings is 3. The van der Waals surface area contributed by atoms with E-state index in [9.17, 15) is 4.79 Å². The first-order chi connectivity index (χ1) is 16.6. The van der Waals surface area contributed by atoms with Crippen LogP contribution in [0.3, 0.4) is 0 Å². The molecule has 0 amide bonds. The Labute approximate surface area is 200 Å². The lowest BCUT2D eigenvalue weighted by Crippen LogP contribution is -2.34. The highest BCUT2D eigenvalue weighted by Crippen LogP contribution is 2.24. The fraction of sp³-hybridized carbons (Fsp3) is 0.207. The van der Waals surface area contributed by atoms with Crippen molar-refractivity contribution in [3.05, 3.63) is 114 Å². The summed E-state index contributed by atoms with van der Waals surface area (Å²) in [6, 6.07) is 27.6. The van der Waals surface area contributed by atoms with Crippen LogP contribution in [0.1, 0.15) is 29.3 Å². The molecule has 0 spiro atoms. The second-order valence-electron chi connectivity index (χ2n) is 8.16. The second-order valence-corrected chi connectivity index (χ2v) is 8.16. The summed E-state index contributed by atoms with van der Waals surface area (Å²) in [4.78, 5) is 22.5. The molecule has 1 atom stereocenters. The van der Waals surface area contributed by atoms with Crippen molar-refractivity contribution in [3.63, 3.8) is 0 Å². The molecule has 4 aromatic rings. The Kier molecular flexibility index (Phi) is 7.66. The first-order valence-electron chi connectivity index (χ1n) is 11.6. The van der Waals surface area contributed by atoms with Gasteiger partial charge in [0.2, 0.25) is 0 Å². The maximum Gasteiger partial charge on any atom is 0.328 e. The quantitative estimate of drug-likeness (QED) is 0.334. The topological polar surface area (TPSA) is 64.1 Å². The predicted octanol–water partition coefficient (Wildman–Crippen LogP) is 5.63. The van der Waals surface area contributed by atoms with Crippen LogP contribution in [0.15, 0.2) is 91.1 Å². The molecule has 4 rings (SSSR count). The molecule has 5 heteroatoms. The molecule has 0 saturated heterocycles. The van der Waals surface area contributed by atoms with Gasteiger partial charge in [-0.05, 0) is 30.5 Å². The molecule has 0 aliphatic rings. The number of aromatic nitrogens is 2. The highest BCUT2D eigenvalue weighted by atomic mass is 16.5. The van der Waals surface area contributed by atoms with Crippen molar-refractivity contribution in [3.8, 4) is 11.3 Å². The minimum atomic E-state index is -0.574. The van der Waals surface area contributed by atoms with Crippen molar-refractivity contribution in [2.24, 2.45) is 0 Å². The Hall–Kier alpha value is -3.99. The molecule has 0 saturated carbocycles. The Bertz CT molecular complexity index is 1230. The third kappa shape index (κ3) is 5.87. The molecule has 0 aliphatic carbocycles. The molecule has 0 bridgehead atoms. The molecular formula is C29H29N3O2. The van der Waals surface area contributed by atoms with Crippen LogP contribution >= 0.6 is 0 Å². The van der Waals surface area contributed by atoms with Gasteiger partial charge in [-0.1, -0.05) is 84.9 Å². The van der Waals surface area contributed by atoms with Crippen LogP contribution in [0, 0.1) is 6.92 Å². The van der Waals surface area contributed by atoms with Gasteiger partial charge in [-0.3, -0.25) is 0 Å². The molecule has 1 heterocycles. The average molecular weight is 452 g/mol. The zero-order chi connectivity index (χ0) is 23.8. The first kappa shape index (κ1) is 23.2. The molecule has 3 aromatic carbocycles. The fourth-order valence-corrected chi connectivity index (χ4v) is 3.86. The van der Waals surface area contributed by atoms with Gasteiger partial charge in [0.15, 0.2) is 0 Å². The molecule has 172 valence electrons. The lowest BCUT2D eigenvalue weighted by Gasteiger charge is -2.20. The molecule has 0 radical (unpaired) electrons. The summed E-state index contributed by atoms with van der Waals surface area (Å²) in [5.41, 5.74) is 5.98. The summed E-state index contributed by atoms with van der Waals surface area (Å²) in [7, 11) is 0. The van der Waals surface area contributed by atoms with E-state index in [2.05, 4.69) is 24.4 Å². The van der Waals surface area contributed by atoms with Gasteiger partial charge >= 0.3 is 5.97 Å². The molecule has 1 aromatic heterocycles. The van der Waals surface area contributed by atoms with Gasteiger partial charge in [0, 0.05) is 18.4 Å². The van der Waals surface area contributed by atoms with Crippen molar-refractivity contribution >= 4 is 11.8 Å². The van der Waals surface area contributed by atoms with Crippen LogP contribution in [0.25, 0.3) is 11.3 Å². The van der Waals surface area contributed by atoms with Crippen LogP contribution in [0.2, 0.25) is 0 Å². The highest BCUT2D eigenvalue weighted by Gasteiger charge is 2.23. The van der Waals surface area contributed by atoms with Gasteiger partial charge in [0.1, 0.15) is 11.9 Å². The lowest BCUT2D eigenvalue weighted by molar-refractivity contribution is -0.144. The summed E-state index contributed by atoms with van der Waals surface area (Å²) < 4.78 is 5.37. The van der Waals surface area contributed by atoms with Gasteiger partial charge in [-0.25, -0.2) is 14.8 Å². The Morgan fingerprint density at radius 3 is 2.32 bits per heavy atom. The molecular weight excluding hydrogens is 422 g/mol. The van der Waals surface area contributed by atoms with Crippen LogP contribution < -0.4 is 5.32 Å². The average Bonchev–Trinajstić information content (AvgIpc) is 2.87. The third-order valence-corrected chi connectivity index (χ3v) is 5.70. The molecule has 0 unspecified atom stereocenters. The SMILES string of the molecule is CCOC(=O)[C@H](Cc1ccccc1)Nc1ncc(-c2ccccc2)nc1Cc1ccccc1C. The number of aryl methyl sites for hydroxylation is 1. The van der Waals surface area contributed by atoms with E-state index in [0.29, 0.717) is 25.3 Å². The van der Waals surface area contributed by atoms with Crippen molar-refractivity contribution in [2.45, 2.75) is 32.7 Å². The number of carbonyl (C=O) groups excluding carboxylic acids is 1. The number of nitrogens with zero attached hydrogens (tertiary/aromatic N) is 2. The van der Waals surface area contributed by atoms with Crippen LogP contribution in [-0.4, -0.2) is 28.6 Å². The zero-order valence-electron chi connectivity index (χ0n) is 19.6. The van der Waals surface area contributed by atoms with Crippen molar-refractivity contribution in [2.75, 3.05) is 11.9 Å². The Balaban J connectivity index is 1.70. The molecule has 5 nitrogen and oxygen atoms in total. The van der Waals surface area contributed by atoms with E-state index < -0.39 is 6.04 Å². The number of ether oxygens (including phenoxy) is 1. The molecule has 0 fully saturated rings. The van der Waals surface area contributed by atoms with E-state index in [1.165, 1.54) is 11.1 Å². The van der Waals surface area contributed by atoms with Gasteiger partial charge in [-0.15, -0.1) is 0 Å². The van der Waals surface area contributed by atoms with E-state index in [0.717, 1.165) is 22.5 Å². The summed E-state index contributed by atoms with van der Waals surface area (Å²) in [6.07, 6.45) is 2.85. The number of carbonyl (C=O) groups is 1. The van der Waals surface area contributed by atoms with Crippen LogP contribution in [-0.2, 0) is 22.4 Å². The summed E-state index contributed by atoms with van der Waals surface area (Å²) in [5, 5.41) is 3.35. The molecule has 1 N–H and O–H groups in total. The standard InChI is InChI=1S/C29H29N3O2/c1-3-34-29(33)26(18-22-13-6-4-7-14-22)32-28-25(19-24-17-11-10-12-21(24)2)31-27(20-30-28)23-15-8-5-9-16-23/h4-17,20,26H,3,18-19H2,1-2H3,(H,30,32)/t26-/m0/s1. The monoisotopic (exact) mass is 451 g/mol. The number of nitrogens with one attached hydrogen (secondary N) is 1.